The Kier molecular flexibility index (Phi) is 7.80. The maximum atomic E-state index is 13.1. The van der Waals surface area contributed by atoms with E-state index < -0.39 is 8.32 Å². The molecule has 1 saturated carbocycles. The lowest BCUT2D eigenvalue weighted by Gasteiger charge is -2.42. The van der Waals surface area contributed by atoms with Crippen LogP contribution in [0.3, 0.4) is 0 Å². The van der Waals surface area contributed by atoms with Crippen LogP contribution >= 0.6 is 0 Å². The fourth-order valence-corrected chi connectivity index (χ4v) is 7.19. The van der Waals surface area contributed by atoms with E-state index in [4.69, 9.17) is 4.43 Å². The summed E-state index contributed by atoms with van der Waals surface area (Å²) >= 11 is 0. The Morgan fingerprint density at radius 3 is 2.05 bits per heavy atom. The van der Waals surface area contributed by atoms with Gasteiger partial charge in [0, 0.05) is 11.8 Å². The average molecular weight is 327 g/mol. The van der Waals surface area contributed by atoms with Gasteiger partial charge in [0.25, 0.3) is 0 Å². The summed E-state index contributed by atoms with van der Waals surface area (Å²) in [4.78, 5) is 13.1. The Morgan fingerprint density at radius 2 is 1.64 bits per heavy atom. The van der Waals surface area contributed by atoms with Crippen LogP contribution in [-0.4, -0.2) is 20.2 Å². The summed E-state index contributed by atoms with van der Waals surface area (Å²) in [7, 11) is -1.65. The number of carbonyl (C=O) groups is 1. The first-order valence-electron chi connectivity index (χ1n) is 9.57. The molecule has 2 nitrogen and oxygen atoms in total. The van der Waals surface area contributed by atoms with Crippen molar-refractivity contribution in [1.82, 2.24) is 0 Å². The molecule has 0 heterocycles. The van der Waals surface area contributed by atoms with E-state index >= 15 is 0 Å². The van der Waals surface area contributed by atoms with Gasteiger partial charge in [-0.1, -0.05) is 48.5 Å². The van der Waals surface area contributed by atoms with Gasteiger partial charge in [0.05, 0.1) is 6.10 Å². The smallest absolute Gasteiger partial charge is 0.192 e. The molecule has 3 heteroatoms. The summed E-state index contributed by atoms with van der Waals surface area (Å²) in [6.45, 7) is 15.7. The van der Waals surface area contributed by atoms with Gasteiger partial charge in [0.15, 0.2) is 8.32 Å². The minimum absolute atomic E-state index is 0.127. The van der Waals surface area contributed by atoms with Crippen molar-refractivity contribution in [3.05, 3.63) is 0 Å². The van der Waals surface area contributed by atoms with Crippen molar-refractivity contribution in [3.63, 3.8) is 0 Å². The van der Waals surface area contributed by atoms with Crippen LogP contribution in [0.2, 0.25) is 18.1 Å². The molecule has 0 aromatic rings. The van der Waals surface area contributed by atoms with Crippen LogP contribution in [0, 0.1) is 23.7 Å². The van der Waals surface area contributed by atoms with E-state index in [2.05, 4.69) is 48.5 Å². The Hall–Kier alpha value is -0.153. The molecule has 1 rings (SSSR count). The molecule has 1 aliphatic carbocycles. The second-order valence-electron chi connectivity index (χ2n) is 7.64. The molecule has 0 spiro atoms. The van der Waals surface area contributed by atoms with Crippen molar-refractivity contribution >= 4 is 14.1 Å². The van der Waals surface area contributed by atoms with Gasteiger partial charge in [-0.05, 0) is 49.2 Å². The lowest BCUT2D eigenvalue weighted by molar-refractivity contribution is -0.137. The molecule has 0 aromatic carbocycles. The predicted octanol–water partition coefficient (Wildman–Crippen LogP) is 5.67. The van der Waals surface area contributed by atoms with Crippen molar-refractivity contribution in [2.45, 2.75) is 92.0 Å². The molecule has 0 saturated heterocycles. The van der Waals surface area contributed by atoms with E-state index in [0.717, 1.165) is 12.8 Å². The summed E-state index contributed by atoms with van der Waals surface area (Å²) in [6.07, 6.45) is 3.37. The Balaban J connectivity index is 2.98. The highest BCUT2D eigenvalue weighted by atomic mass is 28.4. The zero-order valence-electron chi connectivity index (χ0n) is 15.9. The molecule has 0 unspecified atom stereocenters. The van der Waals surface area contributed by atoms with Crippen molar-refractivity contribution in [3.8, 4) is 0 Å². The first kappa shape index (κ1) is 19.9. The number of hydrogen-bond acceptors (Lipinski definition) is 2. The van der Waals surface area contributed by atoms with Gasteiger partial charge in [0.1, 0.15) is 5.78 Å². The zero-order valence-corrected chi connectivity index (χ0v) is 16.9. The summed E-state index contributed by atoms with van der Waals surface area (Å²) in [5.41, 5.74) is 0. The quantitative estimate of drug-likeness (QED) is 0.537. The fourth-order valence-electron chi connectivity index (χ4n) is 4.24. The van der Waals surface area contributed by atoms with Crippen molar-refractivity contribution in [2.24, 2.45) is 23.7 Å². The number of ketones is 1. The van der Waals surface area contributed by atoms with Gasteiger partial charge in [-0.15, -0.1) is 0 Å². The summed E-state index contributed by atoms with van der Waals surface area (Å²) < 4.78 is 6.76. The molecule has 0 bridgehead atoms. The highest BCUT2D eigenvalue weighted by molar-refractivity contribution is 6.73. The molecule has 0 amide bonds. The van der Waals surface area contributed by atoms with E-state index in [-0.39, 0.29) is 17.9 Å². The Morgan fingerprint density at radius 1 is 1.09 bits per heavy atom. The first-order valence-corrected chi connectivity index (χ1v) is 12.1. The van der Waals surface area contributed by atoms with Crippen LogP contribution in [-0.2, 0) is 9.22 Å². The van der Waals surface area contributed by atoms with E-state index in [1.807, 2.05) is 0 Å². The van der Waals surface area contributed by atoms with Gasteiger partial charge in [-0.25, -0.2) is 0 Å². The maximum absolute atomic E-state index is 13.1. The molecule has 4 atom stereocenters. The largest absolute Gasteiger partial charge is 0.413 e. The van der Waals surface area contributed by atoms with E-state index in [0.29, 0.717) is 17.6 Å². The van der Waals surface area contributed by atoms with Crippen LogP contribution in [0.15, 0.2) is 0 Å². The molecular formula is C19H38O2Si. The third-order valence-corrected chi connectivity index (χ3v) is 10.9. The zero-order chi connectivity index (χ0) is 16.9. The summed E-state index contributed by atoms with van der Waals surface area (Å²) in [5.74, 6) is 1.81. The monoisotopic (exact) mass is 326 g/mol. The van der Waals surface area contributed by atoms with Gasteiger partial charge in [-0.2, -0.15) is 0 Å². The molecule has 0 aromatic heterocycles. The molecule has 1 aliphatic rings. The average Bonchev–Trinajstić information content (AvgIpc) is 2.50. The van der Waals surface area contributed by atoms with Crippen LogP contribution in [0.4, 0.5) is 0 Å². The van der Waals surface area contributed by atoms with Crippen molar-refractivity contribution in [1.29, 1.82) is 0 Å². The lowest BCUT2D eigenvalue weighted by atomic mass is 9.68. The van der Waals surface area contributed by atoms with E-state index in [1.54, 1.807) is 0 Å². The molecule has 22 heavy (non-hydrogen) atoms. The second-order valence-corrected chi connectivity index (χ2v) is 12.4. The second kappa shape index (κ2) is 8.63. The maximum Gasteiger partial charge on any atom is 0.192 e. The van der Waals surface area contributed by atoms with Crippen LogP contribution in [0.25, 0.3) is 0 Å². The standard InChI is InChI=1S/C19H38O2Si/c1-8-17(21-22(9-2,10-3)11-4)18-15(7)12-13-16(14(5)6)19(18)20/h14-18H,8-13H2,1-7H3/t15-,16-,17-,18-/m1/s1. The molecular weight excluding hydrogens is 288 g/mol. The normalized spacial score (nSPS) is 28.2. The highest BCUT2D eigenvalue weighted by Crippen LogP contribution is 2.39. The fraction of sp³-hybridized carbons (Fsp3) is 0.947. The Labute approximate surface area is 139 Å². The first-order chi connectivity index (χ1) is 10.4. The summed E-state index contributed by atoms with van der Waals surface area (Å²) in [6, 6.07) is 3.50. The third-order valence-electron chi connectivity index (χ3n) is 6.18. The predicted molar refractivity (Wildman–Crippen MR) is 97.6 cm³/mol. The molecule has 1 fully saturated rings. The van der Waals surface area contributed by atoms with Crippen LogP contribution in [0.1, 0.15) is 67.7 Å². The SMILES string of the molecule is CC[C@@H](O[Si](CC)(CC)CC)[C@@H]1C(=O)[C@@H](C(C)C)CC[C@H]1C. The van der Waals surface area contributed by atoms with Gasteiger partial charge in [0.2, 0.25) is 0 Å². The number of carbonyl (C=O) groups excluding carboxylic acids is 1. The van der Waals surface area contributed by atoms with E-state index in [9.17, 15) is 4.79 Å². The molecule has 0 N–H and O–H groups in total. The minimum atomic E-state index is -1.65. The summed E-state index contributed by atoms with van der Waals surface area (Å²) in [5, 5.41) is 0. The third kappa shape index (κ3) is 4.23. The van der Waals surface area contributed by atoms with Crippen molar-refractivity contribution in [2.75, 3.05) is 0 Å². The van der Waals surface area contributed by atoms with Crippen LogP contribution in [0.5, 0.6) is 0 Å². The Bertz CT molecular complexity index is 341. The van der Waals surface area contributed by atoms with Crippen LogP contribution < -0.4 is 0 Å². The topological polar surface area (TPSA) is 26.3 Å². The molecule has 0 aliphatic heterocycles. The highest BCUT2D eigenvalue weighted by Gasteiger charge is 2.43. The van der Waals surface area contributed by atoms with Gasteiger partial charge < -0.3 is 4.43 Å². The lowest BCUT2D eigenvalue weighted by Crippen LogP contribution is -2.49. The van der Waals surface area contributed by atoms with Gasteiger partial charge >= 0.3 is 0 Å². The number of hydrogen-bond donors (Lipinski definition) is 0. The minimum Gasteiger partial charge on any atom is -0.413 e. The number of Topliss-reactive ketones (excluding diaryl/α,β-unsaturated/α-hetero) is 1. The van der Waals surface area contributed by atoms with Gasteiger partial charge in [-0.3, -0.25) is 4.79 Å². The molecule has 130 valence electrons. The number of rotatable bonds is 8. The van der Waals surface area contributed by atoms with Crippen molar-refractivity contribution < 1.29 is 9.22 Å². The molecule has 0 radical (unpaired) electrons. The van der Waals surface area contributed by atoms with E-state index in [1.165, 1.54) is 24.6 Å².